The highest BCUT2D eigenvalue weighted by Gasteiger charge is 2.33. The Morgan fingerprint density at radius 3 is 2.83 bits per heavy atom. The highest BCUT2D eigenvalue weighted by molar-refractivity contribution is 4.95. The average molecular weight is 251 g/mol. The van der Waals surface area contributed by atoms with Gasteiger partial charge in [0.2, 0.25) is 0 Å². The smallest absolute Gasteiger partial charge is 0.105 e. The van der Waals surface area contributed by atoms with E-state index in [4.69, 9.17) is 0 Å². The fraction of sp³-hybridized carbons (Fsp3) is 0.786. The fourth-order valence-corrected chi connectivity index (χ4v) is 2.48. The molecule has 1 atom stereocenters. The Morgan fingerprint density at radius 1 is 1.56 bits per heavy atom. The molecule has 1 aliphatic carbocycles. The van der Waals surface area contributed by atoms with E-state index in [1.54, 1.807) is 0 Å². The van der Waals surface area contributed by atoms with E-state index < -0.39 is 0 Å². The Morgan fingerprint density at radius 2 is 2.33 bits per heavy atom. The minimum absolute atomic E-state index is 0.0738. The Bertz CT molecular complexity index is 367. The number of aromatic nitrogens is 2. The Balaban J connectivity index is 1.83. The van der Waals surface area contributed by atoms with E-state index in [1.165, 1.54) is 12.8 Å². The van der Waals surface area contributed by atoms with Gasteiger partial charge in [-0.2, -0.15) is 0 Å². The van der Waals surface area contributed by atoms with Gasteiger partial charge in [0.15, 0.2) is 0 Å². The molecule has 0 radical (unpaired) electrons. The summed E-state index contributed by atoms with van der Waals surface area (Å²) in [6.45, 7) is 5.42. The molecule has 1 aromatic heterocycles. The van der Waals surface area contributed by atoms with Gasteiger partial charge in [0.25, 0.3) is 0 Å². The molecule has 1 heterocycles. The largest absolute Gasteiger partial charge is 0.394 e. The third kappa shape index (κ3) is 3.33. The van der Waals surface area contributed by atoms with Crippen molar-refractivity contribution in [1.29, 1.82) is 0 Å². The zero-order valence-electron chi connectivity index (χ0n) is 11.5. The third-order valence-electron chi connectivity index (χ3n) is 4.05. The summed E-state index contributed by atoms with van der Waals surface area (Å²) in [7, 11) is 0. The summed E-state index contributed by atoms with van der Waals surface area (Å²) >= 11 is 0. The molecule has 1 saturated carbocycles. The number of nitrogens with zero attached hydrogens (tertiary/aromatic N) is 2. The molecule has 18 heavy (non-hydrogen) atoms. The highest BCUT2D eigenvalue weighted by Crippen LogP contribution is 2.27. The first-order valence-electron chi connectivity index (χ1n) is 7.05. The second kappa shape index (κ2) is 5.85. The van der Waals surface area contributed by atoms with Gasteiger partial charge in [-0.1, -0.05) is 6.92 Å². The topological polar surface area (TPSA) is 50.1 Å². The van der Waals surface area contributed by atoms with Crippen molar-refractivity contribution in [2.24, 2.45) is 0 Å². The van der Waals surface area contributed by atoms with Crippen LogP contribution in [0.25, 0.3) is 0 Å². The van der Waals surface area contributed by atoms with Gasteiger partial charge in [0, 0.05) is 30.5 Å². The number of nitrogens with one attached hydrogen (secondary N) is 1. The fourth-order valence-electron chi connectivity index (χ4n) is 2.48. The van der Waals surface area contributed by atoms with Gasteiger partial charge in [-0.05, 0) is 39.0 Å². The maximum absolute atomic E-state index is 9.68. The molecule has 0 bridgehead atoms. The summed E-state index contributed by atoms with van der Waals surface area (Å²) in [6, 6.07) is 0.645. The number of rotatable bonds is 8. The second-order valence-corrected chi connectivity index (χ2v) is 5.48. The summed E-state index contributed by atoms with van der Waals surface area (Å²) < 4.78 is 2.18. The number of imidazole rings is 1. The van der Waals surface area contributed by atoms with Crippen molar-refractivity contribution >= 4 is 0 Å². The average Bonchev–Trinajstić information content (AvgIpc) is 3.11. The maximum atomic E-state index is 9.68. The van der Waals surface area contributed by atoms with Crippen LogP contribution in [-0.2, 0) is 6.54 Å². The molecule has 4 nitrogen and oxygen atoms in total. The predicted molar refractivity (Wildman–Crippen MR) is 72.5 cm³/mol. The van der Waals surface area contributed by atoms with Crippen LogP contribution in [0.4, 0.5) is 0 Å². The molecule has 2 N–H and O–H groups in total. The molecule has 1 unspecified atom stereocenters. The van der Waals surface area contributed by atoms with Gasteiger partial charge in [0.1, 0.15) is 5.82 Å². The Labute approximate surface area is 109 Å². The van der Waals surface area contributed by atoms with E-state index in [-0.39, 0.29) is 12.1 Å². The van der Waals surface area contributed by atoms with Crippen LogP contribution >= 0.6 is 0 Å². The van der Waals surface area contributed by atoms with Crippen molar-refractivity contribution in [3.05, 3.63) is 18.2 Å². The first kappa shape index (κ1) is 13.6. The van der Waals surface area contributed by atoms with Crippen molar-refractivity contribution in [3.8, 4) is 0 Å². The van der Waals surface area contributed by atoms with Crippen LogP contribution in [0.15, 0.2) is 12.4 Å². The number of hydrogen-bond acceptors (Lipinski definition) is 3. The van der Waals surface area contributed by atoms with E-state index in [0.717, 1.165) is 31.6 Å². The molecule has 0 aromatic carbocycles. The van der Waals surface area contributed by atoms with Gasteiger partial charge < -0.3 is 15.0 Å². The second-order valence-electron chi connectivity index (χ2n) is 5.48. The maximum Gasteiger partial charge on any atom is 0.105 e. The molecule has 102 valence electrons. The summed E-state index contributed by atoms with van der Waals surface area (Å²) in [5, 5.41) is 13.3. The van der Waals surface area contributed by atoms with Crippen LogP contribution < -0.4 is 5.32 Å². The lowest BCUT2D eigenvalue weighted by Gasteiger charge is -2.32. The predicted octanol–water partition coefficient (Wildman–Crippen LogP) is 1.86. The summed E-state index contributed by atoms with van der Waals surface area (Å²) in [4.78, 5) is 4.23. The van der Waals surface area contributed by atoms with E-state index in [0.29, 0.717) is 6.04 Å². The van der Waals surface area contributed by atoms with E-state index in [2.05, 4.69) is 21.8 Å². The zero-order valence-corrected chi connectivity index (χ0v) is 11.5. The number of aliphatic hydroxyl groups is 1. The molecule has 0 aliphatic heterocycles. The normalized spacial score (nSPS) is 18.8. The summed E-state index contributed by atoms with van der Waals surface area (Å²) in [5.74, 6) is 1.07. The highest BCUT2D eigenvalue weighted by atomic mass is 16.3. The lowest BCUT2D eigenvalue weighted by molar-refractivity contribution is 0.141. The molecule has 0 amide bonds. The van der Waals surface area contributed by atoms with Crippen molar-refractivity contribution in [1.82, 2.24) is 14.9 Å². The molecule has 4 heteroatoms. The summed E-state index contributed by atoms with van der Waals surface area (Å²) in [6.07, 6.45) is 9.49. The van der Waals surface area contributed by atoms with Crippen molar-refractivity contribution in [2.45, 2.75) is 64.1 Å². The number of hydrogen-bond donors (Lipinski definition) is 2. The van der Waals surface area contributed by atoms with Crippen LogP contribution in [0.1, 0.15) is 44.9 Å². The molecule has 2 rings (SSSR count). The van der Waals surface area contributed by atoms with Gasteiger partial charge in [0.05, 0.1) is 6.61 Å². The lowest BCUT2D eigenvalue weighted by Crippen LogP contribution is -2.49. The van der Waals surface area contributed by atoms with Crippen LogP contribution in [0, 0.1) is 6.92 Å². The van der Waals surface area contributed by atoms with Gasteiger partial charge >= 0.3 is 0 Å². The van der Waals surface area contributed by atoms with Gasteiger partial charge in [-0.15, -0.1) is 0 Å². The van der Waals surface area contributed by atoms with Crippen LogP contribution in [0.3, 0.4) is 0 Å². The molecular weight excluding hydrogens is 226 g/mol. The first-order valence-corrected chi connectivity index (χ1v) is 7.05. The van der Waals surface area contributed by atoms with Crippen LogP contribution in [0.2, 0.25) is 0 Å². The molecule has 1 aromatic rings. The van der Waals surface area contributed by atoms with Crippen molar-refractivity contribution < 1.29 is 5.11 Å². The van der Waals surface area contributed by atoms with E-state index in [9.17, 15) is 5.11 Å². The van der Waals surface area contributed by atoms with Crippen molar-refractivity contribution in [3.63, 3.8) is 0 Å². The minimum Gasteiger partial charge on any atom is -0.394 e. The lowest BCUT2D eigenvalue weighted by atomic mass is 9.91. The Kier molecular flexibility index (Phi) is 4.40. The zero-order chi connectivity index (χ0) is 13.0. The third-order valence-corrected chi connectivity index (χ3v) is 4.05. The molecule has 0 spiro atoms. The molecule has 0 saturated heterocycles. The Hall–Kier alpha value is -0.870. The standard InChI is InChI=1S/C14H25N3O/c1-3-14(11-18,16-13-5-6-13)7-4-9-17-10-8-15-12(17)2/h8,10,13,16,18H,3-7,9,11H2,1-2H3. The van der Waals surface area contributed by atoms with Crippen LogP contribution in [0.5, 0.6) is 0 Å². The quantitative estimate of drug-likeness (QED) is 0.741. The molecule has 1 fully saturated rings. The van der Waals surface area contributed by atoms with Crippen LogP contribution in [-0.4, -0.2) is 32.8 Å². The monoisotopic (exact) mass is 251 g/mol. The van der Waals surface area contributed by atoms with E-state index in [1.807, 2.05) is 19.3 Å². The van der Waals surface area contributed by atoms with Gasteiger partial charge in [-0.3, -0.25) is 0 Å². The van der Waals surface area contributed by atoms with Crippen molar-refractivity contribution in [2.75, 3.05) is 6.61 Å². The SMILES string of the molecule is CCC(CO)(CCCn1ccnc1C)NC1CC1. The van der Waals surface area contributed by atoms with E-state index >= 15 is 0 Å². The molecular formula is C14H25N3O. The van der Waals surface area contributed by atoms with Gasteiger partial charge in [-0.25, -0.2) is 4.98 Å². The molecule has 1 aliphatic rings. The first-order chi connectivity index (χ1) is 8.69. The number of aryl methyl sites for hydroxylation is 2. The minimum atomic E-state index is -0.0738. The number of aliphatic hydroxyl groups excluding tert-OH is 1. The summed E-state index contributed by atoms with van der Waals surface area (Å²) in [5.41, 5.74) is -0.0738.